The topological polar surface area (TPSA) is 67.4 Å². The second kappa shape index (κ2) is 6.80. The van der Waals surface area contributed by atoms with Crippen LogP contribution in [0.15, 0.2) is 42.7 Å². The highest BCUT2D eigenvalue weighted by Crippen LogP contribution is 2.31. The molecular formula is C19H22N4O2. The zero-order valence-corrected chi connectivity index (χ0v) is 14.1. The van der Waals surface area contributed by atoms with Crippen LogP contribution < -0.4 is 10.1 Å². The van der Waals surface area contributed by atoms with E-state index in [2.05, 4.69) is 20.2 Å². The first-order valence-corrected chi connectivity index (χ1v) is 8.76. The van der Waals surface area contributed by atoms with Crippen LogP contribution in [0.2, 0.25) is 0 Å². The summed E-state index contributed by atoms with van der Waals surface area (Å²) in [6, 6.07) is 9.87. The molecule has 4 rings (SSSR count). The van der Waals surface area contributed by atoms with Crippen LogP contribution in [0, 0.1) is 0 Å². The molecular weight excluding hydrogens is 316 g/mol. The Kier molecular flexibility index (Phi) is 4.36. The molecule has 0 radical (unpaired) electrons. The summed E-state index contributed by atoms with van der Waals surface area (Å²) in [6.45, 7) is 3.59. The zero-order chi connectivity index (χ0) is 17.1. The van der Waals surface area contributed by atoms with Crippen LogP contribution in [-0.2, 0) is 6.61 Å². The number of rotatable bonds is 5. The maximum atomic E-state index is 12.5. The van der Waals surface area contributed by atoms with Crippen molar-refractivity contribution in [3.05, 3.63) is 54.0 Å². The van der Waals surface area contributed by atoms with Crippen LogP contribution in [-0.4, -0.2) is 45.9 Å². The Morgan fingerprint density at radius 1 is 1.16 bits per heavy atom. The van der Waals surface area contributed by atoms with Crippen LogP contribution in [0.5, 0.6) is 5.88 Å². The monoisotopic (exact) mass is 338 g/mol. The molecule has 2 fully saturated rings. The van der Waals surface area contributed by atoms with Gasteiger partial charge in [-0.3, -0.25) is 4.79 Å². The molecule has 6 nitrogen and oxygen atoms in total. The Bertz CT molecular complexity index is 731. The van der Waals surface area contributed by atoms with Gasteiger partial charge in [0, 0.05) is 13.1 Å². The van der Waals surface area contributed by atoms with Crippen molar-refractivity contribution in [3.63, 3.8) is 0 Å². The number of piperidine rings is 1. The van der Waals surface area contributed by atoms with E-state index in [-0.39, 0.29) is 11.4 Å². The molecule has 2 saturated heterocycles. The summed E-state index contributed by atoms with van der Waals surface area (Å²) >= 11 is 0. The van der Waals surface area contributed by atoms with Gasteiger partial charge in [0.05, 0.1) is 17.9 Å². The number of hydrogen-bond donors (Lipinski definition) is 1. The van der Waals surface area contributed by atoms with E-state index in [4.69, 9.17) is 4.74 Å². The molecule has 3 heterocycles. The molecule has 6 heteroatoms. The van der Waals surface area contributed by atoms with Gasteiger partial charge in [-0.25, -0.2) is 9.97 Å². The lowest BCUT2D eigenvalue weighted by atomic mass is 9.90. The SMILES string of the molecule is O=C(NC12CCCN(CC1)C2)c1cnc(OCc2ccccc2)cn1. The summed E-state index contributed by atoms with van der Waals surface area (Å²) < 4.78 is 5.61. The highest BCUT2D eigenvalue weighted by Gasteiger charge is 2.42. The van der Waals surface area contributed by atoms with E-state index in [0.29, 0.717) is 18.2 Å². The number of aromatic nitrogens is 2. The Morgan fingerprint density at radius 2 is 2.04 bits per heavy atom. The van der Waals surface area contributed by atoms with Crippen molar-refractivity contribution in [2.45, 2.75) is 31.4 Å². The molecule has 2 aromatic rings. The second-order valence-electron chi connectivity index (χ2n) is 6.88. The van der Waals surface area contributed by atoms with E-state index in [1.54, 1.807) is 0 Å². The lowest BCUT2D eigenvalue weighted by molar-refractivity contribution is 0.0872. The summed E-state index contributed by atoms with van der Waals surface area (Å²) in [5, 5.41) is 3.19. The van der Waals surface area contributed by atoms with Crippen molar-refractivity contribution in [1.29, 1.82) is 0 Å². The van der Waals surface area contributed by atoms with E-state index in [0.717, 1.165) is 44.5 Å². The average Bonchev–Trinajstić information content (AvgIpc) is 2.94. The number of carbonyl (C=O) groups is 1. The van der Waals surface area contributed by atoms with Gasteiger partial charge in [-0.05, 0) is 31.4 Å². The fraction of sp³-hybridized carbons (Fsp3) is 0.421. The number of nitrogens with one attached hydrogen (secondary N) is 1. The molecule has 2 aliphatic rings. The molecule has 2 bridgehead atoms. The Hall–Kier alpha value is -2.47. The first-order valence-electron chi connectivity index (χ1n) is 8.76. The Morgan fingerprint density at radius 3 is 2.84 bits per heavy atom. The van der Waals surface area contributed by atoms with Crippen molar-refractivity contribution in [2.75, 3.05) is 19.6 Å². The van der Waals surface area contributed by atoms with Crippen LogP contribution in [0.25, 0.3) is 0 Å². The van der Waals surface area contributed by atoms with Crippen LogP contribution in [0.3, 0.4) is 0 Å². The molecule has 0 spiro atoms. The van der Waals surface area contributed by atoms with Gasteiger partial charge in [0.15, 0.2) is 0 Å². The Labute approximate surface area is 147 Å². The second-order valence-corrected chi connectivity index (χ2v) is 6.88. The summed E-state index contributed by atoms with van der Waals surface area (Å²) in [5.41, 5.74) is 1.32. The lowest BCUT2D eigenvalue weighted by Gasteiger charge is -2.34. The largest absolute Gasteiger partial charge is 0.472 e. The number of hydrogen-bond acceptors (Lipinski definition) is 5. The molecule has 1 aromatic carbocycles. The van der Waals surface area contributed by atoms with Gasteiger partial charge in [0.25, 0.3) is 5.91 Å². The summed E-state index contributed by atoms with van der Waals surface area (Å²) in [6.07, 6.45) is 6.20. The minimum Gasteiger partial charge on any atom is -0.472 e. The molecule has 25 heavy (non-hydrogen) atoms. The molecule has 2 atom stereocenters. The maximum absolute atomic E-state index is 12.5. The van der Waals surface area contributed by atoms with E-state index >= 15 is 0 Å². The van der Waals surface area contributed by atoms with Gasteiger partial charge < -0.3 is 15.0 Å². The first-order chi connectivity index (χ1) is 12.2. The standard InChI is InChI=1S/C19H22N4O2/c24-18(22-19-7-4-9-23(14-19)10-8-19)16-11-21-17(12-20-16)25-13-15-5-2-1-3-6-15/h1-3,5-6,11-12H,4,7-10,13-14H2,(H,22,24). The van der Waals surface area contributed by atoms with E-state index in [9.17, 15) is 4.79 Å². The quantitative estimate of drug-likeness (QED) is 0.903. The highest BCUT2D eigenvalue weighted by atomic mass is 16.5. The Balaban J connectivity index is 1.36. The summed E-state index contributed by atoms with van der Waals surface area (Å²) in [5.74, 6) is 0.272. The minimum atomic E-state index is -0.147. The number of nitrogens with zero attached hydrogens (tertiary/aromatic N) is 3. The number of fused-ring (bicyclic) bond motifs is 2. The van der Waals surface area contributed by atoms with Crippen LogP contribution in [0.1, 0.15) is 35.3 Å². The third-order valence-electron chi connectivity index (χ3n) is 5.03. The van der Waals surface area contributed by atoms with Gasteiger partial charge in [0.1, 0.15) is 12.3 Å². The number of benzene rings is 1. The fourth-order valence-corrected chi connectivity index (χ4v) is 3.70. The van der Waals surface area contributed by atoms with E-state index in [1.165, 1.54) is 12.4 Å². The molecule has 2 unspecified atom stereocenters. The van der Waals surface area contributed by atoms with Crippen molar-refractivity contribution in [3.8, 4) is 5.88 Å². The van der Waals surface area contributed by atoms with Gasteiger partial charge in [-0.1, -0.05) is 30.3 Å². The average molecular weight is 338 g/mol. The predicted octanol–water partition coefficient (Wildman–Crippen LogP) is 2.02. The minimum absolute atomic E-state index is 0.0838. The molecule has 0 saturated carbocycles. The molecule has 130 valence electrons. The normalized spacial score (nSPS) is 24.7. The molecule has 1 aromatic heterocycles. The number of ether oxygens (including phenoxy) is 1. The van der Waals surface area contributed by atoms with Crippen molar-refractivity contribution >= 4 is 5.91 Å². The number of amides is 1. The lowest BCUT2D eigenvalue weighted by Crippen LogP contribution is -2.52. The third kappa shape index (κ3) is 3.64. The predicted molar refractivity (Wildman–Crippen MR) is 93.3 cm³/mol. The van der Waals surface area contributed by atoms with Crippen LogP contribution in [0.4, 0.5) is 0 Å². The fourth-order valence-electron chi connectivity index (χ4n) is 3.70. The van der Waals surface area contributed by atoms with E-state index in [1.807, 2.05) is 30.3 Å². The van der Waals surface area contributed by atoms with Gasteiger partial charge >= 0.3 is 0 Å². The van der Waals surface area contributed by atoms with E-state index < -0.39 is 0 Å². The summed E-state index contributed by atoms with van der Waals surface area (Å²) in [4.78, 5) is 23.4. The third-order valence-corrected chi connectivity index (χ3v) is 5.03. The van der Waals surface area contributed by atoms with Gasteiger partial charge in [-0.2, -0.15) is 0 Å². The van der Waals surface area contributed by atoms with Crippen LogP contribution >= 0.6 is 0 Å². The summed E-state index contributed by atoms with van der Waals surface area (Å²) in [7, 11) is 0. The van der Waals surface area contributed by atoms with Crippen molar-refractivity contribution in [2.24, 2.45) is 0 Å². The molecule has 2 aliphatic heterocycles. The number of carbonyl (C=O) groups excluding carboxylic acids is 1. The zero-order valence-electron chi connectivity index (χ0n) is 14.1. The molecule has 1 N–H and O–H groups in total. The van der Waals surface area contributed by atoms with Gasteiger partial charge in [0.2, 0.25) is 5.88 Å². The highest BCUT2D eigenvalue weighted by molar-refractivity contribution is 5.92. The maximum Gasteiger partial charge on any atom is 0.271 e. The molecule has 1 amide bonds. The van der Waals surface area contributed by atoms with Crippen molar-refractivity contribution < 1.29 is 9.53 Å². The smallest absolute Gasteiger partial charge is 0.271 e. The van der Waals surface area contributed by atoms with Gasteiger partial charge in [-0.15, -0.1) is 0 Å². The first kappa shape index (κ1) is 16.0. The molecule has 0 aliphatic carbocycles. The van der Waals surface area contributed by atoms with Crippen molar-refractivity contribution in [1.82, 2.24) is 20.2 Å².